The van der Waals surface area contributed by atoms with E-state index in [9.17, 15) is 16.6 Å². The number of rotatable bonds is 6. The van der Waals surface area contributed by atoms with Gasteiger partial charge < -0.3 is 16.6 Å². The minimum atomic E-state index is -1.58. The summed E-state index contributed by atoms with van der Waals surface area (Å²) in [6.07, 6.45) is 0. The number of aryl methyl sites for hydroxylation is 8. The van der Waals surface area contributed by atoms with Crippen molar-refractivity contribution in [3.05, 3.63) is 253 Å². The van der Waals surface area contributed by atoms with Crippen LogP contribution in [0.2, 0.25) is 19.6 Å². The summed E-state index contributed by atoms with van der Waals surface area (Å²) in [7, 11) is -1.58. The molecule has 7 aromatic rings. The Balaban J connectivity index is 1.30. The van der Waals surface area contributed by atoms with Crippen LogP contribution in [0.5, 0.6) is 0 Å². The minimum absolute atomic E-state index is 0.0443. The van der Waals surface area contributed by atoms with Crippen LogP contribution in [0.15, 0.2) is 109 Å². The maximum atomic E-state index is 10.6. The van der Waals surface area contributed by atoms with E-state index in [4.69, 9.17) is 0 Å². The second-order valence-corrected chi connectivity index (χ2v) is 32.6. The molecule has 6 nitrogen and oxygen atoms in total. The molecule has 0 radical (unpaired) electrons. The van der Waals surface area contributed by atoms with Crippen molar-refractivity contribution in [2.24, 2.45) is 0 Å². The number of benzene rings is 7. The molecule has 0 saturated carbocycles. The van der Waals surface area contributed by atoms with Crippen molar-refractivity contribution in [3.63, 3.8) is 0 Å². The highest BCUT2D eigenvalue weighted by Gasteiger charge is 2.30. The smallest absolute Gasteiger partial charge is 0.332 e. The van der Waals surface area contributed by atoms with Crippen molar-refractivity contribution >= 4 is 88.9 Å². The van der Waals surface area contributed by atoms with Gasteiger partial charge in [-0.3, -0.25) is 0 Å². The minimum Gasteiger partial charge on any atom is -0.361 e. The average molecular weight is 1360 g/mol. The lowest BCUT2D eigenvalue weighted by Crippen LogP contribution is -2.16. The number of hydrogen-bond acceptors (Lipinski definition) is 0. The molecule has 7 aromatic carbocycles. The Morgan fingerprint density at radius 1 is 0.325 bits per heavy atom. The lowest BCUT2D eigenvalue weighted by atomic mass is 9.82. The zero-order valence-electron chi connectivity index (χ0n) is 50.4. The second kappa shape index (κ2) is 25.5. The fourth-order valence-electron chi connectivity index (χ4n) is 10.3. The fourth-order valence-corrected chi connectivity index (χ4v) is 14.0. The van der Waals surface area contributed by atoms with E-state index in [1.54, 1.807) is 0 Å². The molecule has 0 aliphatic carbocycles. The molecular weight excluding hydrogens is 1300 g/mol. The summed E-state index contributed by atoms with van der Waals surface area (Å²) in [6.45, 7) is 36.1. The molecule has 0 amide bonds. The van der Waals surface area contributed by atoms with Gasteiger partial charge in [-0.1, -0.05) is 127 Å². The molecule has 0 spiro atoms. The van der Waals surface area contributed by atoms with Gasteiger partial charge in [0.1, 0.15) is 8.07 Å². The predicted molar refractivity (Wildman–Crippen MR) is 360 cm³/mol. The lowest BCUT2D eigenvalue weighted by Gasteiger charge is -2.21. The van der Waals surface area contributed by atoms with Crippen molar-refractivity contribution < 1.29 is 14.4 Å². The quantitative estimate of drug-likeness (QED) is 0.0520. The van der Waals surface area contributed by atoms with Crippen LogP contribution in [0.1, 0.15) is 170 Å². The largest absolute Gasteiger partial charge is 0.361 e. The summed E-state index contributed by atoms with van der Waals surface area (Å²) >= 11 is 15.2. The molecule has 83 heavy (non-hydrogen) atoms. The Labute approximate surface area is 526 Å². The van der Waals surface area contributed by atoms with Crippen molar-refractivity contribution in [2.75, 3.05) is 0 Å². The van der Waals surface area contributed by atoms with E-state index in [1.165, 1.54) is 11.1 Å². The van der Waals surface area contributed by atoms with E-state index in [0.717, 1.165) is 89.0 Å². The average Bonchev–Trinajstić information content (AvgIpc) is 3.38. The van der Waals surface area contributed by atoms with E-state index in [2.05, 4.69) is 223 Å². The zero-order chi connectivity index (χ0) is 61.2. The van der Waals surface area contributed by atoms with Gasteiger partial charge in [0.25, 0.3) is 0 Å². The third-order valence-corrected chi connectivity index (χ3v) is 17.6. The molecule has 0 fully saturated rings. The number of hydrogen-bond donors (Lipinski definition) is 0. The van der Waals surface area contributed by atoms with Gasteiger partial charge in [0, 0.05) is 56.8 Å². The Hall–Kier alpha value is -6.94. The fraction of sp³-hybridized carbons (Fsp3) is 0.264. The third kappa shape index (κ3) is 14.9. The first-order chi connectivity index (χ1) is 38.8. The summed E-state index contributed by atoms with van der Waals surface area (Å²) < 4.78 is 2.83. The summed E-state index contributed by atoms with van der Waals surface area (Å²) in [5.74, 6) is 23.7. The third-order valence-electron chi connectivity index (χ3n) is 14.2. The normalized spacial score (nSPS) is 11.0. The van der Waals surface area contributed by atoms with Gasteiger partial charge in [-0.15, -0.1) is 5.54 Å². The van der Waals surface area contributed by atoms with Crippen LogP contribution in [0.3, 0.4) is 0 Å². The highest BCUT2D eigenvalue weighted by atomic mass is 79.9. The summed E-state index contributed by atoms with van der Waals surface area (Å²) in [6, 6.07) is 30.4. The monoisotopic (exact) mass is 1360 g/mol. The van der Waals surface area contributed by atoms with Crippen LogP contribution < -0.4 is 0 Å². The maximum absolute atomic E-state index is 10.6. The van der Waals surface area contributed by atoms with Gasteiger partial charge >= 0.3 is 17.1 Å². The summed E-state index contributed by atoms with van der Waals surface area (Å²) in [5, 5.41) is 0. The zero-order valence-corrected chi connectivity index (χ0v) is 57.7. The van der Waals surface area contributed by atoms with Crippen LogP contribution in [0.4, 0.5) is 0 Å². The van der Waals surface area contributed by atoms with Crippen LogP contribution in [-0.2, 0) is 10.8 Å². The van der Waals surface area contributed by atoms with Crippen molar-refractivity contribution in [1.29, 1.82) is 0 Å². The Kier molecular flexibility index (Phi) is 19.5. The van der Waals surface area contributed by atoms with Crippen molar-refractivity contribution in [1.82, 2.24) is 0 Å². The number of halogens is 4. The van der Waals surface area contributed by atoms with Gasteiger partial charge in [0.15, 0.2) is 0 Å². The SMILES string of the molecule is Cc1cc(C#Cc2cc(C#Cc3cc(Br)c(C(=[N+]=[N-])c4c(C)cc(C(C)(C)C)cc4C)c(Br)c3)cc(C#Cc3cc(Br)c(C(=[N+]=[N-])c4c(C)cc(C(C)(C)C)cc4C)c(Br)c3)c2)cc(C)c1C(=[N+]=[N-])c1c(C)cc(C#C[Si](C)(C)C)cc1C. The van der Waals surface area contributed by atoms with Crippen LogP contribution in [0.25, 0.3) is 16.6 Å². The number of nitrogens with zero attached hydrogens (tertiary/aromatic N) is 6. The Morgan fingerprint density at radius 3 is 0.759 bits per heavy atom. The molecule has 0 bridgehead atoms. The summed E-state index contributed by atoms with van der Waals surface area (Å²) in [5.41, 5.74) is 56.9. The van der Waals surface area contributed by atoms with Gasteiger partial charge in [-0.05, 0) is 252 Å². The summed E-state index contributed by atoms with van der Waals surface area (Å²) in [4.78, 5) is 11.6. The molecule has 7 rings (SSSR count). The molecule has 0 saturated heterocycles. The first-order valence-corrected chi connectivity index (χ1v) is 33.9. The highest BCUT2D eigenvalue weighted by Crippen LogP contribution is 2.36. The molecule has 0 heterocycles. The van der Waals surface area contributed by atoms with Crippen LogP contribution >= 0.6 is 63.7 Å². The predicted octanol–water partition coefficient (Wildman–Crippen LogP) is 18.4. The van der Waals surface area contributed by atoms with Gasteiger partial charge in [0.05, 0.1) is 33.4 Å². The lowest BCUT2D eigenvalue weighted by molar-refractivity contribution is -0.00343. The molecule has 416 valence electrons. The molecule has 0 aliphatic heterocycles. The van der Waals surface area contributed by atoms with E-state index in [1.807, 2.05) is 110 Å². The first kappa shape index (κ1) is 63.6. The van der Waals surface area contributed by atoms with Gasteiger partial charge in [-0.25, -0.2) is 0 Å². The highest BCUT2D eigenvalue weighted by molar-refractivity contribution is 9.11. The molecule has 0 aliphatic rings. The molecule has 0 aromatic heterocycles. The van der Waals surface area contributed by atoms with E-state index in [0.29, 0.717) is 62.8 Å². The first-order valence-electron chi connectivity index (χ1n) is 27.2. The van der Waals surface area contributed by atoms with Gasteiger partial charge in [-0.2, -0.15) is 14.4 Å². The molecule has 0 atom stereocenters. The van der Waals surface area contributed by atoms with E-state index in [-0.39, 0.29) is 10.8 Å². The van der Waals surface area contributed by atoms with Crippen molar-refractivity contribution in [2.45, 2.75) is 127 Å². The molecular formula is C72H66Br4N6Si. The second-order valence-electron chi connectivity index (χ2n) is 24.5. The van der Waals surface area contributed by atoms with Crippen LogP contribution in [0, 0.1) is 102 Å². The van der Waals surface area contributed by atoms with Crippen molar-refractivity contribution in [3.8, 4) is 47.0 Å². The van der Waals surface area contributed by atoms with E-state index < -0.39 is 8.07 Å². The Bertz CT molecular complexity index is 4000. The van der Waals surface area contributed by atoms with Crippen LogP contribution in [-0.4, -0.2) is 39.6 Å². The molecule has 0 N–H and O–H groups in total. The molecule has 0 unspecified atom stereocenters. The van der Waals surface area contributed by atoms with Gasteiger partial charge in [0.2, 0.25) is 0 Å². The topological polar surface area (TPSA) is 109 Å². The standard InChI is InChI=1S/C72H66Br4N6Si/c1-41-26-49(27-42(2)62(41)68(80-77)63-43(3)28-55(29-44(63)4)24-25-83(15,16)17)18-19-50-34-51(20-22-53-37-58(73)66(59(74)38-53)69(81-78)64-45(5)30-56(31-46(64)6)71(9,10)11)36-52(35-50)21-23-54-39-60(75)67(61(76)40-54)70(82-79)65-47(7)32-57(33-48(65)8)72(12,13)14/h26-40H,1-17H3. The van der Waals surface area contributed by atoms with E-state index >= 15 is 0 Å². The maximum Gasteiger partial charge on any atom is 0.332 e. The molecule has 11 heteroatoms. The Morgan fingerprint density at radius 2 is 0.530 bits per heavy atom.